The van der Waals surface area contributed by atoms with Crippen molar-refractivity contribution in [2.24, 2.45) is 0 Å². The summed E-state index contributed by atoms with van der Waals surface area (Å²) in [4.78, 5) is 40.8. The van der Waals surface area contributed by atoms with Crippen molar-refractivity contribution in [2.75, 3.05) is 30.9 Å². The molecule has 1 saturated heterocycles. The molecular formula is C27H29N5O3. The van der Waals surface area contributed by atoms with Crippen LogP contribution in [-0.2, 0) is 9.59 Å². The normalized spacial score (nSPS) is 14.4. The Morgan fingerprint density at radius 2 is 1.74 bits per heavy atom. The molecule has 0 saturated carbocycles. The highest BCUT2D eigenvalue weighted by molar-refractivity contribution is 6.16. The van der Waals surface area contributed by atoms with Crippen LogP contribution in [0.25, 0.3) is 11.8 Å². The third-order valence-electron chi connectivity index (χ3n) is 5.96. The number of anilines is 2. The first-order valence-corrected chi connectivity index (χ1v) is 11.3. The SMILES string of the molecule is Cc1cccc(NC(=O)CN2C(=O)N/C(=C/c3cc(C)n(-c4ccc(N(C)C)cc4)c3C)C2=O)c1. The number of carbonyl (C=O) groups excluding carboxylic acids is 3. The molecule has 1 fully saturated rings. The quantitative estimate of drug-likeness (QED) is 0.420. The van der Waals surface area contributed by atoms with Crippen LogP contribution >= 0.6 is 0 Å². The van der Waals surface area contributed by atoms with Gasteiger partial charge >= 0.3 is 6.03 Å². The minimum absolute atomic E-state index is 0.140. The topological polar surface area (TPSA) is 86.7 Å². The lowest BCUT2D eigenvalue weighted by atomic mass is 10.2. The van der Waals surface area contributed by atoms with Crippen molar-refractivity contribution in [1.82, 2.24) is 14.8 Å². The zero-order valence-electron chi connectivity index (χ0n) is 20.5. The molecule has 1 aliphatic rings. The number of urea groups is 1. The number of nitrogens with one attached hydrogen (secondary N) is 2. The average Bonchev–Trinajstić information content (AvgIpc) is 3.23. The molecule has 0 spiro atoms. The molecule has 2 N–H and O–H groups in total. The first-order chi connectivity index (χ1) is 16.6. The smallest absolute Gasteiger partial charge is 0.329 e. The summed E-state index contributed by atoms with van der Waals surface area (Å²) in [6.07, 6.45) is 1.66. The number of rotatable bonds is 6. The van der Waals surface area contributed by atoms with Crippen molar-refractivity contribution < 1.29 is 14.4 Å². The highest BCUT2D eigenvalue weighted by atomic mass is 16.2. The van der Waals surface area contributed by atoms with E-state index in [1.54, 1.807) is 12.1 Å². The summed E-state index contributed by atoms with van der Waals surface area (Å²) < 4.78 is 2.10. The zero-order chi connectivity index (χ0) is 25.3. The minimum atomic E-state index is -0.617. The molecular weight excluding hydrogens is 442 g/mol. The van der Waals surface area contributed by atoms with E-state index in [1.165, 1.54) is 0 Å². The first-order valence-electron chi connectivity index (χ1n) is 11.3. The Morgan fingerprint density at radius 1 is 1.03 bits per heavy atom. The third-order valence-corrected chi connectivity index (χ3v) is 5.96. The molecule has 2 aromatic carbocycles. The molecule has 3 aromatic rings. The van der Waals surface area contributed by atoms with Crippen LogP contribution in [0.2, 0.25) is 0 Å². The van der Waals surface area contributed by atoms with E-state index in [0.29, 0.717) is 5.69 Å². The molecule has 0 aliphatic carbocycles. The number of hydrogen-bond acceptors (Lipinski definition) is 4. The second-order valence-corrected chi connectivity index (χ2v) is 8.87. The Balaban J connectivity index is 1.52. The van der Waals surface area contributed by atoms with E-state index in [9.17, 15) is 14.4 Å². The van der Waals surface area contributed by atoms with Gasteiger partial charge in [-0.1, -0.05) is 12.1 Å². The standard InChI is InChI=1S/C27H29N5O3/c1-17-7-6-8-21(13-17)28-25(33)16-31-26(34)24(29-27(31)35)15-20-14-18(2)32(19(20)3)23-11-9-22(10-12-23)30(4)5/h6-15H,16H2,1-5H3,(H,28,33)(H,29,35)/b24-15+. The summed E-state index contributed by atoms with van der Waals surface area (Å²) >= 11 is 0. The number of imide groups is 1. The average molecular weight is 472 g/mol. The van der Waals surface area contributed by atoms with Gasteiger partial charge in [-0.3, -0.25) is 9.59 Å². The van der Waals surface area contributed by atoms with E-state index in [4.69, 9.17) is 0 Å². The fourth-order valence-electron chi connectivity index (χ4n) is 4.17. The van der Waals surface area contributed by atoms with E-state index in [1.807, 2.05) is 88.3 Å². The van der Waals surface area contributed by atoms with Crippen molar-refractivity contribution in [1.29, 1.82) is 0 Å². The molecule has 8 nitrogen and oxygen atoms in total. The Labute approximate surface area is 204 Å². The van der Waals surface area contributed by atoms with E-state index < -0.39 is 17.8 Å². The van der Waals surface area contributed by atoms with Crippen LogP contribution in [0.5, 0.6) is 0 Å². The van der Waals surface area contributed by atoms with Gasteiger partial charge in [-0.15, -0.1) is 0 Å². The monoisotopic (exact) mass is 471 g/mol. The van der Waals surface area contributed by atoms with Gasteiger partial charge in [0, 0.05) is 42.5 Å². The maximum Gasteiger partial charge on any atom is 0.329 e. The van der Waals surface area contributed by atoms with Gasteiger partial charge in [0.2, 0.25) is 5.91 Å². The van der Waals surface area contributed by atoms with Crippen LogP contribution in [0.1, 0.15) is 22.5 Å². The highest BCUT2D eigenvalue weighted by Gasteiger charge is 2.35. The predicted molar refractivity (Wildman–Crippen MR) is 138 cm³/mol. The Morgan fingerprint density at radius 3 is 2.40 bits per heavy atom. The van der Waals surface area contributed by atoms with E-state index in [-0.39, 0.29) is 12.2 Å². The number of hydrogen-bond donors (Lipinski definition) is 2. The second-order valence-electron chi connectivity index (χ2n) is 8.87. The number of amides is 4. The maximum absolute atomic E-state index is 12.9. The van der Waals surface area contributed by atoms with Crippen LogP contribution in [0.4, 0.5) is 16.2 Å². The lowest BCUT2D eigenvalue weighted by Crippen LogP contribution is -2.38. The van der Waals surface area contributed by atoms with Gasteiger partial charge in [0.25, 0.3) is 5.91 Å². The Bertz CT molecular complexity index is 1340. The number of aromatic nitrogens is 1. The summed E-state index contributed by atoms with van der Waals surface area (Å²) in [6.45, 7) is 5.51. The van der Waals surface area contributed by atoms with Crippen LogP contribution in [-0.4, -0.2) is 48.0 Å². The van der Waals surface area contributed by atoms with Gasteiger partial charge in [-0.05, 0) is 80.4 Å². The first kappa shape index (κ1) is 23.8. The maximum atomic E-state index is 12.9. The van der Waals surface area contributed by atoms with E-state index >= 15 is 0 Å². The summed E-state index contributed by atoms with van der Waals surface area (Å²) in [5.41, 5.74) is 6.60. The highest BCUT2D eigenvalue weighted by Crippen LogP contribution is 2.25. The molecule has 2 heterocycles. The third kappa shape index (κ3) is 4.96. The number of carbonyl (C=O) groups is 3. The van der Waals surface area contributed by atoms with Crippen molar-refractivity contribution >= 4 is 35.3 Å². The Hall–Kier alpha value is -4.33. The number of benzene rings is 2. The minimum Gasteiger partial charge on any atom is -0.378 e. The fraction of sp³-hybridized carbons (Fsp3) is 0.222. The lowest BCUT2D eigenvalue weighted by Gasteiger charge is -2.15. The van der Waals surface area contributed by atoms with Crippen molar-refractivity contribution in [3.63, 3.8) is 0 Å². The summed E-state index contributed by atoms with van der Waals surface area (Å²) in [6, 6.07) is 16.9. The summed E-state index contributed by atoms with van der Waals surface area (Å²) in [7, 11) is 3.99. The molecule has 180 valence electrons. The van der Waals surface area contributed by atoms with Gasteiger partial charge in [0.15, 0.2) is 0 Å². The molecule has 0 unspecified atom stereocenters. The molecule has 4 amide bonds. The Kier molecular flexibility index (Phi) is 6.46. The van der Waals surface area contributed by atoms with Crippen LogP contribution in [0.15, 0.2) is 60.3 Å². The molecule has 4 rings (SSSR count). The molecule has 0 atom stereocenters. The van der Waals surface area contributed by atoms with E-state index in [2.05, 4.69) is 15.2 Å². The lowest BCUT2D eigenvalue weighted by molar-refractivity contribution is -0.127. The van der Waals surface area contributed by atoms with Gasteiger partial charge in [0.1, 0.15) is 12.2 Å². The number of aryl methyl sites for hydroxylation is 2. The van der Waals surface area contributed by atoms with Crippen LogP contribution in [0, 0.1) is 20.8 Å². The van der Waals surface area contributed by atoms with Gasteiger partial charge in [-0.2, -0.15) is 0 Å². The molecule has 0 bridgehead atoms. The zero-order valence-corrected chi connectivity index (χ0v) is 20.5. The fourth-order valence-corrected chi connectivity index (χ4v) is 4.17. The summed E-state index contributed by atoms with van der Waals surface area (Å²) in [5.74, 6) is -0.978. The molecule has 1 aromatic heterocycles. The molecule has 0 radical (unpaired) electrons. The molecule has 35 heavy (non-hydrogen) atoms. The molecule has 8 heteroatoms. The molecule has 1 aliphatic heterocycles. The van der Waals surface area contributed by atoms with Crippen LogP contribution in [0.3, 0.4) is 0 Å². The van der Waals surface area contributed by atoms with Gasteiger partial charge in [-0.25, -0.2) is 9.69 Å². The van der Waals surface area contributed by atoms with E-state index in [0.717, 1.165) is 38.8 Å². The second kappa shape index (κ2) is 9.50. The van der Waals surface area contributed by atoms with Gasteiger partial charge in [0.05, 0.1) is 0 Å². The largest absolute Gasteiger partial charge is 0.378 e. The van der Waals surface area contributed by atoms with Crippen molar-refractivity contribution in [2.45, 2.75) is 20.8 Å². The van der Waals surface area contributed by atoms with Crippen molar-refractivity contribution in [3.05, 3.63) is 82.8 Å². The summed E-state index contributed by atoms with van der Waals surface area (Å²) in [5, 5.41) is 5.33. The van der Waals surface area contributed by atoms with Gasteiger partial charge < -0.3 is 20.1 Å². The van der Waals surface area contributed by atoms with Crippen LogP contribution < -0.4 is 15.5 Å². The number of nitrogens with zero attached hydrogens (tertiary/aromatic N) is 3. The van der Waals surface area contributed by atoms with Crippen molar-refractivity contribution in [3.8, 4) is 5.69 Å². The predicted octanol–water partition coefficient (Wildman–Crippen LogP) is 4.00.